The first-order valence-corrected chi connectivity index (χ1v) is 12.9. The number of para-hydroxylation sites is 1. The standard InChI is InChI=1S/C29H21N3O3S2/c33-25(17-37-20-11-6-10-19(16-20)31-29(36)30-18-8-2-1-3-9-18)32-24-15-7-14-23-26(24)28(35)22-13-5-4-12-21(22)27(23)34/h1-16H,17H2,(H,32,33)(H2,30,31,36). The van der Waals surface area contributed by atoms with Gasteiger partial charge in [-0.25, -0.2) is 0 Å². The molecule has 5 rings (SSSR count). The zero-order valence-corrected chi connectivity index (χ0v) is 21.1. The second kappa shape index (κ2) is 10.8. The molecule has 0 aliphatic heterocycles. The molecule has 6 nitrogen and oxygen atoms in total. The van der Waals surface area contributed by atoms with Crippen molar-refractivity contribution in [2.45, 2.75) is 4.90 Å². The van der Waals surface area contributed by atoms with Crippen molar-refractivity contribution in [3.05, 3.63) is 119 Å². The predicted molar refractivity (Wildman–Crippen MR) is 152 cm³/mol. The van der Waals surface area contributed by atoms with E-state index in [9.17, 15) is 14.4 Å². The van der Waals surface area contributed by atoms with E-state index in [1.807, 2.05) is 54.6 Å². The molecule has 8 heteroatoms. The molecule has 0 unspecified atom stereocenters. The zero-order chi connectivity index (χ0) is 25.8. The van der Waals surface area contributed by atoms with Crippen molar-refractivity contribution in [1.29, 1.82) is 0 Å². The van der Waals surface area contributed by atoms with Gasteiger partial charge in [0.25, 0.3) is 0 Å². The summed E-state index contributed by atoms with van der Waals surface area (Å²) in [6, 6.07) is 28.9. The summed E-state index contributed by atoms with van der Waals surface area (Å²) in [6.45, 7) is 0. The Bertz CT molecular complexity index is 1540. The van der Waals surface area contributed by atoms with E-state index in [0.717, 1.165) is 16.3 Å². The second-order valence-electron chi connectivity index (χ2n) is 8.24. The average Bonchev–Trinajstić information content (AvgIpc) is 2.91. The number of benzene rings is 4. The van der Waals surface area contributed by atoms with E-state index in [1.54, 1.807) is 42.5 Å². The van der Waals surface area contributed by atoms with Crippen LogP contribution in [0, 0.1) is 0 Å². The zero-order valence-electron chi connectivity index (χ0n) is 19.5. The monoisotopic (exact) mass is 523 g/mol. The van der Waals surface area contributed by atoms with Crippen molar-refractivity contribution in [3.63, 3.8) is 0 Å². The summed E-state index contributed by atoms with van der Waals surface area (Å²) in [7, 11) is 0. The van der Waals surface area contributed by atoms with Crippen LogP contribution in [0.5, 0.6) is 0 Å². The minimum Gasteiger partial charge on any atom is -0.332 e. The third-order valence-corrected chi connectivity index (χ3v) is 6.92. The second-order valence-corrected chi connectivity index (χ2v) is 9.70. The summed E-state index contributed by atoms with van der Waals surface area (Å²) in [4.78, 5) is 39.7. The molecule has 1 amide bonds. The van der Waals surface area contributed by atoms with E-state index in [-0.39, 0.29) is 28.8 Å². The Kier molecular flexibility index (Phi) is 7.11. The highest BCUT2D eigenvalue weighted by molar-refractivity contribution is 8.00. The number of thiocarbonyl (C=S) groups is 1. The minimum atomic E-state index is -0.280. The lowest BCUT2D eigenvalue weighted by molar-refractivity contribution is -0.113. The Hall–Kier alpha value is -4.27. The Morgan fingerprint density at radius 2 is 1.30 bits per heavy atom. The summed E-state index contributed by atoms with van der Waals surface area (Å²) in [6.07, 6.45) is 0. The number of anilines is 3. The van der Waals surface area contributed by atoms with Gasteiger partial charge in [-0.3, -0.25) is 14.4 Å². The van der Waals surface area contributed by atoms with Gasteiger partial charge in [0, 0.05) is 33.0 Å². The normalized spacial score (nSPS) is 11.8. The van der Waals surface area contributed by atoms with E-state index in [0.29, 0.717) is 27.5 Å². The summed E-state index contributed by atoms with van der Waals surface area (Å²) in [5.74, 6) is -0.650. The van der Waals surface area contributed by atoms with Gasteiger partial charge in [-0.05, 0) is 48.6 Å². The van der Waals surface area contributed by atoms with E-state index in [2.05, 4.69) is 16.0 Å². The molecule has 0 atom stereocenters. The van der Waals surface area contributed by atoms with E-state index >= 15 is 0 Å². The molecule has 1 aliphatic carbocycles. The molecule has 0 spiro atoms. The van der Waals surface area contributed by atoms with Crippen molar-refractivity contribution in [3.8, 4) is 0 Å². The fourth-order valence-corrected chi connectivity index (χ4v) is 5.05. The van der Waals surface area contributed by atoms with E-state index in [4.69, 9.17) is 12.2 Å². The van der Waals surface area contributed by atoms with Gasteiger partial charge >= 0.3 is 0 Å². The number of fused-ring (bicyclic) bond motifs is 2. The highest BCUT2D eigenvalue weighted by Gasteiger charge is 2.31. The molecule has 4 aromatic carbocycles. The first-order chi connectivity index (χ1) is 18.0. The van der Waals surface area contributed by atoms with Gasteiger partial charge in [0.1, 0.15) is 0 Å². The van der Waals surface area contributed by atoms with E-state index < -0.39 is 0 Å². The lowest BCUT2D eigenvalue weighted by Crippen LogP contribution is -2.24. The van der Waals surface area contributed by atoms with Gasteiger partial charge in [-0.15, -0.1) is 11.8 Å². The molecular weight excluding hydrogens is 502 g/mol. The molecule has 0 heterocycles. The molecule has 0 fully saturated rings. The molecule has 4 aromatic rings. The number of nitrogens with one attached hydrogen (secondary N) is 3. The molecule has 3 N–H and O–H groups in total. The Morgan fingerprint density at radius 1 is 0.676 bits per heavy atom. The van der Waals surface area contributed by atoms with Gasteiger partial charge in [0.2, 0.25) is 5.91 Å². The maximum atomic E-state index is 13.1. The number of hydrogen-bond acceptors (Lipinski definition) is 5. The molecule has 0 radical (unpaired) electrons. The Labute approximate surface area is 223 Å². The smallest absolute Gasteiger partial charge is 0.234 e. The van der Waals surface area contributed by atoms with Crippen LogP contribution in [0.1, 0.15) is 31.8 Å². The van der Waals surface area contributed by atoms with Crippen LogP contribution in [0.2, 0.25) is 0 Å². The highest BCUT2D eigenvalue weighted by Crippen LogP contribution is 2.32. The Morgan fingerprint density at radius 3 is 2.08 bits per heavy atom. The summed E-state index contributed by atoms with van der Waals surface area (Å²) in [5, 5.41) is 9.55. The van der Waals surface area contributed by atoms with E-state index in [1.165, 1.54) is 11.8 Å². The number of amides is 1. The number of carbonyl (C=O) groups excluding carboxylic acids is 3. The summed E-state index contributed by atoms with van der Waals surface area (Å²) in [5.41, 5.74) is 3.27. The number of carbonyl (C=O) groups is 3. The van der Waals surface area contributed by atoms with Crippen molar-refractivity contribution in [2.75, 3.05) is 21.7 Å². The number of thioether (sulfide) groups is 1. The third-order valence-electron chi connectivity index (χ3n) is 5.72. The lowest BCUT2D eigenvalue weighted by atomic mass is 9.83. The van der Waals surface area contributed by atoms with Crippen LogP contribution in [-0.2, 0) is 4.79 Å². The van der Waals surface area contributed by atoms with Gasteiger partial charge in [-0.2, -0.15) is 0 Å². The Balaban J connectivity index is 1.23. The average molecular weight is 524 g/mol. The van der Waals surface area contributed by atoms with Crippen LogP contribution < -0.4 is 16.0 Å². The van der Waals surface area contributed by atoms with Crippen molar-refractivity contribution in [1.82, 2.24) is 0 Å². The molecule has 0 saturated heterocycles. The molecule has 0 aromatic heterocycles. The van der Waals surface area contributed by atoms with Crippen LogP contribution in [0.25, 0.3) is 0 Å². The fourth-order valence-electron chi connectivity index (χ4n) is 4.06. The topological polar surface area (TPSA) is 87.3 Å². The predicted octanol–water partition coefficient (Wildman–Crippen LogP) is 6.00. The first-order valence-electron chi connectivity index (χ1n) is 11.5. The number of ketones is 2. The summed E-state index contributed by atoms with van der Waals surface area (Å²) < 4.78 is 0. The molecule has 182 valence electrons. The maximum absolute atomic E-state index is 13.1. The molecular formula is C29H21N3O3S2. The quantitative estimate of drug-likeness (QED) is 0.186. The summed E-state index contributed by atoms with van der Waals surface area (Å²) >= 11 is 6.74. The van der Waals surface area contributed by atoms with Crippen molar-refractivity contribution >= 4 is 63.6 Å². The van der Waals surface area contributed by atoms with Crippen LogP contribution >= 0.6 is 24.0 Å². The molecule has 0 bridgehead atoms. The third kappa shape index (κ3) is 5.45. The largest absolute Gasteiger partial charge is 0.332 e. The SMILES string of the molecule is O=C(CSc1cccc(NC(=S)Nc2ccccc2)c1)Nc1cccc2c1C(=O)c1ccccc1C2=O. The molecule has 1 aliphatic rings. The van der Waals surface area contributed by atoms with Crippen LogP contribution in [0.3, 0.4) is 0 Å². The first kappa shape index (κ1) is 24.4. The molecule has 37 heavy (non-hydrogen) atoms. The van der Waals surface area contributed by atoms with Crippen LogP contribution in [0.15, 0.2) is 102 Å². The van der Waals surface area contributed by atoms with Gasteiger partial charge < -0.3 is 16.0 Å². The maximum Gasteiger partial charge on any atom is 0.234 e. The van der Waals surface area contributed by atoms with Gasteiger partial charge in [0.05, 0.1) is 17.0 Å². The van der Waals surface area contributed by atoms with Gasteiger partial charge in [-0.1, -0.05) is 60.7 Å². The van der Waals surface area contributed by atoms with Gasteiger partial charge in [0.15, 0.2) is 16.7 Å². The number of rotatable bonds is 6. The number of hydrogen-bond donors (Lipinski definition) is 3. The minimum absolute atomic E-state index is 0.124. The lowest BCUT2D eigenvalue weighted by Gasteiger charge is -2.20. The van der Waals surface area contributed by atoms with Crippen LogP contribution in [-0.4, -0.2) is 28.3 Å². The van der Waals surface area contributed by atoms with Crippen molar-refractivity contribution < 1.29 is 14.4 Å². The highest BCUT2D eigenvalue weighted by atomic mass is 32.2. The fraction of sp³-hybridized carbons (Fsp3) is 0.0345. The molecule has 0 saturated carbocycles. The van der Waals surface area contributed by atoms with Crippen molar-refractivity contribution in [2.24, 2.45) is 0 Å². The van der Waals surface area contributed by atoms with Crippen LogP contribution in [0.4, 0.5) is 17.1 Å².